The van der Waals surface area contributed by atoms with Gasteiger partial charge in [-0.1, -0.05) is 12.1 Å². The van der Waals surface area contributed by atoms with Gasteiger partial charge in [0.25, 0.3) is 0 Å². The molecule has 2 aromatic carbocycles. The first-order chi connectivity index (χ1) is 11.8. The lowest BCUT2D eigenvalue weighted by Crippen LogP contribution is -2.15. The summed E-state index contributed by atoms with van der Waals surface area (Å²) in [6.07, 6.45) is 0. The summed E-state index contributed by atoms with van der Waals surface area (Å²) in [6.45, 7) is 1.07. The van der Waals surface area contributed by atoms with Gasteiger partial charge in [-0.3, -0.25) is 5.43 Å². The maximum atomic E-state index is 9.38. The summed E-state index contributed by atoms with van der Waals surface area (Å²) in [5, 5.41) is 14.1. The van der Waals surface area contributed by atoms with Gasteiger partial charge in [0, 0.05) is 6.07 Å². The number of ether oxygens (including phenoxy) is 2. The summed E-state index contributed by atoms with van der Waals surface area (Å²) >= 11 is 1.44. The Morgan fingerprint density at radius 2 is 2.00 bits per heavy atom. The maximum Gasteiger partial charge on any atom is 0.196 e. The lowest BCUT2D eigenvalue weighted by molar-refractivity contribution is 0.171. The molecule has 0 spiro atoms. The summed E-state index contributed by atoms with van der Waals surface area (Å²) in [4.78, 5) is 4.45. The van der Waals surface area contributed by atoms with E-state index in [4.69, 9.17) is 9.47 Å². The molecule has 0 saturated heterocycles. The van der Waals surface area contributed by atoms with E-state index in [-0.39, 0.29) is 5.71 Å². The summed E-state index contributed by atoms with van der Waals surface area (Å²) in [5.74, 6) is 1.38. The van der Waals surface area contributed by atoms with Gasteiger partial charge in [0.1, 0.15) is 19.3 Å². The van der Waals surface area contributed by atoms with E-state index in [1.807, 2.05) is 36.4 Å². The second-order valence-electron chi connectivity index (χ2n) is 5.03. The van der Waals surface area contributed by atoms with Crippen molar-refractivity contribution in [1.82, 2.24) is 4.98 Å². The summed E-state index contributed by atoms with van der Waals surface area (Å²) in [5.41, 5.74) is 4.70. The maximum absolute atomic E-state index is 9.38. The van der Waals surface area contributed by atoms with Crippen molar-refractivity contribution in [2.75, 3.05) is 18.6 Å². The van der Waals surface area contributed by atoms with Gasteiger partial charge in [-0.25, -0.2) is 4.98 Å². The molecular formula is C17H12N4O2S. The van der Waals surface area contributed by atoms with Crippen LogP contribution in [0.3, 0.4) is 0 Å². The van der Waals surface area contributed by atoms with E-state index in [2.05, 4.69) is 21.6 Å². The van der Waals surface area contributed by atoms with Crippen LogP contribution in [0.2, 0.25) is 0 Å². The predicted octanol–water partition coefficient (Wildman–Crippen LogP) is 3.41. The van der Waals surface area contributed by atoms with Crippen molar-refractivity contribution in [1.29, 1.82) is 5.26 Å². The Morgan fingerprint density at radius 3 is 2.83 bits per heavy atom. The van der Waals surface area contributed by atoms with Crippen LogP contribution in [0.4, 0.5) is 5.69 Å². The van der Waals surface area contributed by atoms with Crippen molar-refractivity contribution in [2.45, 2.75) is 0 Å². The standard InChI is InChI=1S/C17H12N4O2S/c18-10-13(17-19-12-3-1-2-4-16(12)24-17)21-20-11-5-6-14-15(9-11)23-8-7-22-14/h1-6,9,20H,7-8H2/b21-13-. The van der Waals surface area contributed by atoms with Crippen LogP contribution in [0.1, 0.15) is 5.01 Å². The van der Waals surface area contributed by atoms with Gasteiger partial charge in [0.15, 0.2) is 22.2 Å². The Labute approximate surface area is 142 Å². The molecule has 118 valence electrons. The summed E-state index contributed by atoms with van der Waals surface area (Å²) in [6, 6.07) is 15.3. The van der Waals surface area contributed by atoms with Gasteiger partial charge < -0.3 is 9.47 Å². The van der Waals surface area contributed by atoms with Gasteiger partial charge in [-0.15, -0.1) is 11.3 Å². The number of nitriles is 1. The number of fused-ring (bicyclic) bond motifs is 2. The molecule has 0 radical (unpaired) electrons. The lowest BCUT2D eigenvalue weighted by atomic mass is 10.2. The molecule has 0 atom stereocenters. The van der Waals surface area contributed by atoms with Gasteiger partial charge >= 0.3 is 0 Å². The molecule has 0 bridgehead atoms. The van der Waals surface area contributed by atoms with Crippen molar-refractivity contribution in [3.63, 3.8) is 0 Å². The number of benzene rings is 2. The minimum atomic E-state index is 0.242. The van der Waals surface area contributed by atoms with E-state index in [0.29, 0.717) is 35.4 Å². The molecule has 0 aliphatic carbocycles. The molecule has 4 rings (SSSR count). The number of para-hydroxylation sites is 1. The van der Waals surface area contributed by atoms with E-state index < -0.39 is 0 Å². The number of hydrazone groups is 1. The van der Waals surface area contributed by atoms with Crippen LogP contribution in [-0.2, 0) is 0 Å². The molecule has 1 aromatic heterocycles. The second kappa shape index (κ2) is 6.18. The average molecular weight is 336 g/mol. The largest absolute Gasteiger partial charge is 0.486 e. The topological polar surface area (TPSA) is 79.5 Å². The third-order valence-electron chi connectivity index (χ3n) is 3.44. The molecule has 3 aromatic rings. The normalized spacial score (nSPS) is 13.5. The highest BCUT2D eigenvalue weighted by Gasteiger charge is 2.13. The predicted molar refractivity (Wildman–Crippen MR) is 92.8 cm³/mol. The van der Waals surface area contributed by atoms with Gasteiger partial charge in [-0.05, 0) is 24.3 Å². The Kier molecular flexibility index (Phi) is 3.73. The van der Waals surface area contributed by atoms with E-state index >= 15 is 0 Å². The zero-order chi connectivity index (χ0) is 16.4. The first kappa shape index (κ1) is 14.5. The highest BCUT2D eigenvalue weighted by molar-refractivity contribution is 7.20. The summed E-state index contributed by atoms with van der Waals surface area (Å²) < 4.78 is 12.0. The van der Waals surface area contributed by atoms with Crippen molar-refractivity contribution in [2.24, 2.45) is 5.10 Å². The number of nitrogens with zero attached hydrogens (tertiary/aromatic N) is 3. The van der Waals surface area contributed by atoms with Crippen LogP contribution in [0.5, 0.6) is 11.5 Å². The van der Waals surface area contributed by atoms with Crippen molar-refractivity contribution >= 4 is 33.0 Å². The molecule has 1 N–H and O–H groups in total. The van der Waals surface area contributed by atoms with Crippen LogP contribution in [0.25, 0.3) is 10.2 Å². The number of hydrogen-bond acceptors (Lipinski definition) is 7. The quantitative estimate of drug-likeness (QED) is 0.586. The number of anilines is 1. The molecule has 0 fully saturated rings. The Morgan fingerprint density at radius 1 is 1.17 bits per heavy atom. The molecule has 7 heteroatoms. The molecule has 1 aliphatic heterocycles. The zero-order valence-electron chi connectivity index (χ0n) is 12.5. The molecule has 0 saturated carbocycles. The van der Waals surface area contributed by atoms with E-state index in [1.54, 1.807) is 6.07 Å². The molecule has 6 nitrogen and oxygen atoms in total. The molecule has 1 aliphatic rings. The number of aromatic nitrogens is 1. The van der Waals surface area contributed by atoms with Gasteiger partial charge in [0.05, 0.1) is 15.9 Å². The molecule has 2 heterocycles. The summed E-state index contributed by atoms with van der Waals surface area (Å²) in [7, 11) is 0. The Hall–Kier alpha value is -3.11. The fourth-order valence-electron chi connectivity index (χ4n) is 2.33. The minimum absolute atomic E-state index is 0.242. The van der Waals surface area contributed by atoms with Crippen molar-refractivity contribution in [3.05, 3.63) is 47.5 Å². The molecule has 0 unspecified atom stereocenters. The third-order valence-corrected chi connectivity index (χ3v) is 4.48. The lowest BCUT2D eigenvalue weighted by Gasteiger charge is -2.18. The van der Waals surface area contributed by atoms with Crippen LogP contribution in [0, 0.1) is 11.3 Å². The molecule has 24 heavy (non-hydrogen) atoms. The van der Waals surface area contributed by atoms with E-state index in [1.165, 1.54) is 11.3 Å². The average Bonchev–Trinajstić information content (AvgIpc) is 3.06. The SMILES string of the molecule is N#C/C(=N/Nc1ccc2c(c1)OCCO2)c1nc2ccccc2s1. The van der Waals surface area contributed by atoms with Crippen LogP contribution < -0.4 is 14.9 Å². The van der Waals surface area contributed by atoms with Gasteiger partial charge in [-0.2, -0.15) is 10.4 Å². The third kappa shape index (κ3) is 2.75. The fourth-order valence-corrected chi connectivity index (χ4v) is 3.23. The number of nitrogens with one attached hydrogen (secondary N) is 1. The number of rotatable bonds is 3. The second-order valence-corrected chi connectivity index (χ2v) is 6.06. The zero-order valence-corrected chi connectivity index (χ0v) is 13.3. The van der Waals surface area contributed by atoms with Crippen molar-refractivity contribution < 1.29 is 9.47 Å². The highest BCUT2D eigenvalue weighted by atomic mass is 32.1. The Balaban J connectivity index is 1.60. The minimum Gasteiger partial charge on any atom is -0.486 e. The number of thiazole rings is 1. The highest BCUT2D eigenvalue weighted by Crippen LogP contribution is 2.32. The van der Waals surface area contributed by atoms with E-state index in [9.17, 15) is 5.26 Å². The van der Waals surface area contributed by atoms with Crippen LogP contribution in [-0.4, -0.2) is 23.9 Å². The smallest absolute Gasteiger partial charge is 0.196 e. The molecular weight excluding hydrogens is 324 g/mol. The van der Waals surface area contributed by atoms with Crippen LogP contribution >= 0.6 is 11.3 Å². The molecule has 0 amide bonds. The first-order valence-corrected chi connectivity index (χ1v) is 8.14. The van der Waals surface area contributed by atoms with Crippen LogP contribution in [0.15, 0.2) is 47.6 Å². The van der Waals surface area contributed by atoms with E-state index in [0.717, 1.165) is 10.2 Å². The van der Waals surface area contributed by atoms with Crippen molar-refractivity contribution in [3.8, 4) is 17.6 Å². The Bertz CT molecular complexity index is 941. The first-order valence-electron chi connectivity index (χ1n) is 7.33. The number of hydrogen-bond donors (Lipinski definition) is 1. The monoisotopic (exact) mass is 336 g/mol. The van der Waals surface area contributed by atoms with Gasteiger partial charge in [0.2, 0.25) is 0 Å². The fraction of sp³-hybridized carbons (Fsp3) is 0.118.